The van der Waals surface area contributed by atoms with Crippen LogP contribution in [-0.4, -0.2) is 47.3 Å². The Morgan fingerprint density at radius 1 is 1.12 bits per heavy atom. The predicted molar refractivity (Wildman–Crippen MR) is 99.2 cm³/mol. The number of amides is 3. The first-order valence-corrected chi connectivity index (χ1v) is 10.1. The second-order valence-corrected chi connectivity index (χ2v) is 7.87. The zero-order chi connectivity index (χ0) is 18.5. The Hall–Kier alpha value is -1.85. The van der Waals surface area contributed by atoms with Crippen molar-refractivity contribution in [3.8, 4) is 0 Å². The van der Waals surface area contributed by atoms with Crippen molar-refractivity contribution in [2.75, 3.05) is 6.54 Å². The fourth-order valence-electron chi connectivity index (χ4n) is 4.12. The molecule has 3 fully saturated rings. The van der Waals surface area contributed by atoms with Gasteiger partial charge in [0.2, 0.25) is 17.7 Å². The second-order valence-electron chi connectivity index (χ2n) is 7.87. The smallest absolute Gasteiger partial charge is 0.243 e. The lowest BCUT2D eigenvalue weighted by molar-refractivity contribution is -0.138. The van der Waals surface area contributed by atoms with E-state index in [-0.39, 0.29) is 29.8 Å². The van der Waals surface area contributed by atoms with Crippen LogP contribution in [0, 0.1) is 5.92 Å². The number of rotatable bonds is 3. The van der Waals surface area contributed by atoms with Gasteiger partial charge in [0.1, 0.15) is 6.04 Å². The Bertz CT molecular complexity index is 575. The maximum atomic E-state index is 12.8. The number of carbonyl (C=O) groups is 3. The SMILES string of the molecule is C/C=C\C1CC1NC(=O)C1CC2CN1C(=O)CCCCCCCC(=O)N2. The molecule has 2 aliphatic heterocycles. The van der Waals surface area contributed by atoms with Crippen LogP contribution < -0.4 is 10.6 Å². The highest BCUT2D eigenvalue weighted by Crippen LogP contribution is 2.32. The van der Waals surface area contributed by atoms with Crippen molar-refractivity contribution in [1.29, 1.82) is 0 Å². The van der Waals surface area contributed by atoms with Crippen LogP contribution in [0.1, 0.15) is 64.7 Å². The highest BCUT2D eigenvalue weighted by Gasteiger charge is 2.43. The number of hydrogen-bond acceptors (Lipinski definition) is 3. The molecule has 144 valence electrons. The highest BCUT2D eigenvalue weighted by molar-refractivity contribution is 5.89. The molecule has 2 heterocycles. The molecule has 6 heteroatoms. The molecule has 0 spiro atoms. The number of carbonyl (C=O) groups excluding carboxylic acids is 3. The molecule has 6 nitrogen and oxygen atoms in total. The first kappa shape index (κ1) is 18.9. The summed E-state index contributed by atoms with van der Waals surface area (Å²) in [6.45, 7) is 2.43. The van der Waals surface area contributed by atoms with Crippen molar-refractivity contribution in [3.63, 3.8) is 0 Å². The van der Waals surface area contributed by atoms with Gasteiger partial charge in [-0.25, -0.2) is 0 Å². The van der Waals surface area contributed by atoms with Crippen LogP contribution in [0.5, 0.6) is 0 Å². The third-order valence-electron chi connectivity index (χ3n) is 5.69. The van der Waals surface area contributed by atoms with Crippen molar-refractivity contribution in [2.45, 2.75) is 82.8 Å². The first-order valence-electron chi connectivity index (χ1n) is 10.1. The zero-order valence-electron chi connectivity index (χ0n) is 15.7. The van der Waals surface area contributed by atoms with Gasteiger partial charge in [-0.05, 0) is 38.5 Å². The third-order valence-corrected chi connectivity index (χ3v) is 5.69. The van der Waals surface area contributed by atoms with Crippen LogP contribution in [0.3, 0.4) is 0 Å². The fourth-order valence-corrected chi connectivity index (χ4v) is 4.12. The van der Waals surface area contributed by atoms with Gasteiger partial charge in [0.15, 0.2) is 0 Å². The average Bonchev–Trinajstić information content (AvgIpc) is 3.17. The van der Waals surface area contributed by atoms with Crippen molar-refractivity contribution in [2.24, 2.45) is 5.92 Å². The summed E-state index contributed by atoms with van der Waals surface area (Å²) in [4.78, 5) is 39.2. The van der Waals surface area contributed by atoms with E-state index in [1.807, 2.05) is 13.0 Å². The molecule has 3 aliphatic rings. The summed E-state index contributed by atoms with van der Waals surface area (Å²) in [7, 11) is 0. The number of nitrogens with one attached hydrogen (secondary N) is 2. The molecule has 0 aromatic rings. The molecular formula is C20H31N3O3. The van der Waals surface area contributed by atoms with Gasteiger partial charge < -0.3 is 15.5 Å². The maximum absolute atomic E-state index is 12.8. The molecule has 0 aromatic heterocycles. The van der Waals surface area contributed by atoms with Gasteiger partial charge in [-0.3, -0.25) is 14.4 Å². The Kier molecular flexibility index (Phi) is 6.33. The molecule has 0 aromatic carbocycles. The average molecular weight is 361 g/mol. The lowest BCUT2D eigenvalue weighted by atomic mass is 10.1. The van der Waals surface area contributed by atoms with Crippen LogP contribution in [-0.2, 0) is 14.4 Å². The number of hydrogen-bond donors (Lipinski definition) is 2. The third kappa shape index (κ3) is 4.86. The van der Waals surface area contributed by atoms with Crippen LogP contribution in [0.4, 0.5) is 0 Å². The summed E-state index contributed by atoms with van der Waals surface area (Å²) in [6.07, 6.45) is 11.5. The summed E-state index contributed by atoms with van der Waals surface area (Å²) >= 11 is 0. The van der Waals surface area contributed by atoms with Crippen molar-refractivity contribution >= 4 is 17.7 Å². The summed E-state index contributed by atoms with van der Waals surface area (Å²) in [5.74, 6) is 0.432. The molecule has 2 N–H and O–H groups in total. The van der Waals surface area contributed by atoms with E-state index < -0.39 is 6.04 Å². The molecule has 4 unspecified atom stereocenters. The Balaban J connectivity index is 1.64. The summed E-state index contributed by atoms with van der Waals surface area (Å²) in [5.41, 5.74) is 0. The van der Waals surface area contributed by atoms with Gasteiger partial charge in [-0.1, -0.05) is 31.4 Å². The van der Waals surface area contributed by atoms with Gasteiger partial charge in [-0.2, -0.15) is 0 Å². The van der Waals surface area contributed by atoms with Gasteiger partial charge in [-0.15, -0.1) is 0 Å². The molecule has 4 atom stereocenters. The molecule has 2 bridgehead atoms. The highest BCUT2D eigenvalue weighted by atomic mass is 16.2. The minimum Gasteiger partial charge on any atom is -0.351 e. The van der Waals surface area contributed by atoms with E-state index in [1.54, 1.807) is 4.90 Å². The van der Waals surface area contributed by atoms with Crippen molar-refractivity contribution in [3.05, 3.63) is 12.2 Å². The minimum atomic E-state index is -0.456. The molecule has 2 saturated heterocycles. The summed E-state index contributed by atoms with van der Waals surface area (Å²) in [5, 5.41) is 6.11. The van der Waals surface area contributed by atoms with E-state index in [2.05, 4.69) is 16.7 Å². The van der Waals surface area contributed by atoms with E-state index in [9.17, 15) is 14.4 Å². The van der Waals surface area contributed by atoms with Gasteiger partial charge >= 0.3 is 0 Å². The Labute approximate surface area is 155 Å². The van der Waals surface area contributed by atoms with E-state index >= 15 is 0 Å². The zero-order valence-corrected chi connectivity index (χ0v) is 15.7. The first-order chi connectivity index (χ1) is 12.6. The lowest BCUT2D eigenvalue weighted by Crippen LogP contribution is -2.46. The molecule has 3 amide bonds. The van der Waals surface area contributed by atoms with Crippen LogP contribution in [0.15, 0.2) is 12.2 Å². The van der Waals surface area contributed by atoms with E-state index in [0.717, 1.165) is 38.5 Å². The van der Waals surface area contributed by atoms with Crippen LogP contribution in [0.2, 0.25) is 0 Å². The van der Waals surface area contributed by atoms with Crippen molar-refractivity contribution in [1.82, 2.24) is 15.5 Å². The quantitative estimate of drug-likeness (QED) is 0.754. The van der Waals surface area contributed by atoms with E-state index in [1.165, 1.54) is 0 Å². The lowest BCUT2D eigenvalue weighted by Gasteiger charge is -2.24. The van der Waals surface area contributed by atoms with Gasteiger partial charge in [0.25, 0.3) is 0 Å². The maximum Gasteiger partial charge on any atom is 0.243 e. The number of nitrogens with zero attached hydrogens (tertiary/aromatic N) is 1. The predicted octanol–water partition coefficient (Wildman–Crippen LogP) is 1.90. The minimum absolute atomic E-state index is 0.0399. The number of allylic oxidation sites excluding steroid dienone is 1. The summed E-state index contributed by atoms with van der Waals surface area (Å²) < 4.78 is 0. The molecule has 26 heavy (non-hydrogen) atoms. The topological polar surface area (TPSA) is 78.5 Å². The Morgan fingerprint density at radius 2 is 1.85 bits per heavy atom. The normalized spacial score (nSPS) is 33.2. The van der Waals surface area contributed by atoms with Gasteiger partial charge in [0.05, 0.1) is 0 Å². The molecular weight excluding hydrogens is 330 g/mol. The fraction of sp³-hybridized carbons (Fsp3) is 0.750. The van der Waals surface area contributed by atoms with Gasteiger partial charge in [0, 0.05) is 31.5 Å². The second kappa shape index (κ2) is 8.69. The largest absolute Gasteiger partial charge is 0.351 e. The van der Waals surface area contributed by atoms with Crippen LogP contribution in [0.25, 0.3) is 0 Å². The van der Waals surface area contributed by atoms with Crippen LogP contribution >= 0.6 is 0 Å². The van der Waals surface area contributed by atoms with E-state index in [4.69, 9.17) is 0 Å². The number of fused-ring (bicyclic) bond motifs is 2. The summed E-state index contributed by atoms with van der Waals surface area (Å²) in [6, 6.07) is -0.383. The standard InChI is InChI=1S/C20H31N3O3/c1-2-8-14-11-16(14)22-20(26)17-12-15-13-23(17)19(25)10-7-5-3-4-6-9-18(24)21-15/h2,8,14-17H,3-7,9-13H2,1H3,(H,21,24)(H,22,26)/b8-2-. The molecule has 1 aliphatic carbocycles. The molecule has 0 radical (unpaired) electrons. The van der Waals surface area contributed by atoms with E-state index in [0.29, 0.717) is 31.7 Å². The molecule has 3 rings (SSSR count). The monoisotopic (exact) mass is 361 g/mol. The van der Waals surface area contributed by atoms with Crippen molar-refractivity contribution < 1.29 is 14.4 Å². The molecule has 1 saturated carbocycles. The Morgan fingerprint density at radius 3 is 2.62 bits per heavy atom.